The fourth-order valence-corrected chi connectivity index (χ4v) is 4.65. The van der Waals surface area contributed by atoms with Gasteiger partial charge in [-0.25, -0.2) is 5.01 Å². The van der Waals surface area contributed by atoms with Gasteiger partial charge in [-0.3, -0.25) is 14.6 Å². The maximum absolute atomic E-state index is 13.2. The molecule has 2 fully saturated rings. The van der Waals surface area contributed by atoms with E-state index in [1.807, 2.05) is 5.01 Å². The van der Waals surface area contributed by atoms with E-state index >= 15 is 0 Å². The molecule has 5 nitrogen and oxygen atoms in total. The highest BCUT2D eigenvalue weighted by Gasteiger charge is 2.35. The highest BCUT2D eigenvalue weighted by atomic mass is 16.5. The van der Waals surface area contributed by atoms with Crippen LogP contribution in [0.25, 0.3) is 0 Å². The molecule has 0 N–H and O–H groups in total. The summed E-state index contributed by atoms with van der Waals surface area (Å²) in [7, 11) is 0. The molecule has 2 aliphatic rings. The average molecular weight is 387 g/mol. The van der Waals surface area contributed by atoms with Gasteiger partial charge in [0.2, 0.25) is 0 Å². The molecule has 1 atom stereocenters. The third kappa shape index (κ3) is 5.57. The summed E-state index contributed by atoms with van der Waals surface area (Å²) in [6.07, 6.45) is 8.24. The maximum Gasteiger partial charge on any atom is 0.303 e. The van der Waals surface area contributed by atoms with Crippen molar-refractivity contribution in [1.82, 2.24) is 10.0 Å². The maximum atomic E-state index is 13.2. The van der Waals surface area contributed by atoms with Gasteiger partial charge in [0.15, 0.2) is 6.10 Å². The molecule has 5 heteroatoms. The first-order chi connectivity index (χ1) is 13.5. The van der Waals surface area contributed by atoms with Crippen LogP contribution in [0.3, 0.4) is 0 Å². The second-order valence-electron chi connectivity index (χ2n) is 8.31. The summed E-state index contributed by atoms with van der Waals surface area (Å²) >= 11 is 0. The number of ether oxygens (including phenoxy) is 1. The van der Waals surface area contributed by atoms with Crippen molar-refractivity contribution in [3.63, 3.8) is 0 Å². The lowest BCUT2D eigenvalue weighted by Gasteiger charge is -2.45. The standard InChI is InChI=1S/C23H34N2O3/c1-18(28-19(2)26)23(27)25(22-11-7-4-8-12-22)24-15-13-21(14-16-24)17-20-9-5-3-6-10-20/h3,5-6,9-10,18,21-22H,4,7-8,11-17H2,1-2H3. The van der Waals surface area contributed by atoms with E-state index in [0.717, 1.165) is 45.2 Å². The fourth-order valence-electron chi connectivity index (χ4n) is 4.65. The smallest absolute Gasteiger partial charge is 0.303 e. The van der Waals surface area contributed by atoms with Crippen molar-refractivity contribution < 1.29 is 14.3 Å². The zero-order valence-electron chi connectivity index (χ0n) is 17.3. The minimum absolute atomic E-state index is 0.0661. The summed E-state index contributed by atoms with van der Waals surface area (Å²) < 4.78 is 5.22. The number of amides is 1. The number of nitrogens with zero attached hydrogens (tertiary/aromatic N) is 2. The van der Waals surface area contributed by atoms with Gasteiger partial charge in [-0.2, -0.15) is 0 Å². The summed E-state index contributed by atoms with van der Waals surface area (Å²) in [5.74, 6) is 0.197. The van der Waals surface area contributed by atoms with Gasteiger partial charge >= 0.3 is 5.97 Å². The normalized spacial score (nSPS) is 20.5. The van der Waals surface area contributed by atoms with Crippen LogP contribution in [0.5, 0.6) is 0 Å². The van der Waals surface area contributed by atoms with Gasteiger partial charge in [-0.1, -0.05) is 49.6 Å². The molecule has 154 valence electrons. The second kappa shape index (κ2) is 10.1. The van der Waals surface area contributed by atoms with Crippen LogP contribution in [0.2, 0.25) is 0 Å². The Balaban J connectivity index is 1.63. The highest BCUT2D eigenvalue weighted by Crippen LogP contribution is 2.29. The van der Waals surface area contributed by atoms with Crippen LogP contribution in [-0.4, -0.2) is 47.1 Å². The van der Waals surface area contributed by atoms with Gasteiger partial charge in [-0.15, -0.1) is 0 Å². The number of piperidine rings is 1. The van der Waals surface area contributed by atoms with Crippen LogP contribution in [0, 0.1) is 5.92 Å². The Kier molecular flexibility index (Phi) is 7.49. The molecule has 1 aromatic rings. The number of carbonyl (C=O) groups is 2. The Hall–Kier alpha value is -1.88. The number of esters is 1. The lowest BCUT2D eigenvalue weighted by molar-refractivity contribution is -0.176. The minimum Gasteiger partial charge on any atom is -0.453 e. The van der Waals surface area contributed by atoms with Gasteiger partial charge in [0.25, 0.3) is 5.91 Å². The van der Waals surface area contributed by atoms with E-state index in [4.69, 9.17) is 4.74 Å². The van der Waals surface area contributed by atoms with Gasteiger partial charge < -0.3 is 4.74 Å². The molecule has 1 saturated carbocycles. The van der Waals surface area contributed by atoms with Crippen molar-refractivity contribution in [2.75, 3.05) is 13.1 Å². The second-order valence-corrected chi connectivity index (χ2v) is 8.31. The molecule has 0 bridgehead atoms. The predicted octanol–water partition coefficient (Wildman–Crippen LogP) is 3.97. The highest BCUT2D eigenvalue weighted by molar-refractivity contribution is 5.83. The van der Waals surface area contributed by atoms with Crippen LogP contribution >= 0.6 is 0 Å². The van der Waals surface area contributed by atoms with Gasteiger partial charge in [0, 0.05) is 26.1 Å². The molecule has 1 aliphatic carbocycles. The van der Waals surface area contributed by atoms with Crippen LogP contribution < -0.4 is 0 Å². The third-order valence-electron chi connectivity index (χ3n) is 6.10. The molecule has 0 radical (unpaired) electrons. The first kappa shape index (κ1) is 20.8. The molecule has 0 aromatic heterocycles. The van der Waals surface area contributed by atoms with Crippen molar-refractivity contribution in [3.8, 4) is 0 Å². The zero-order valence-corrected chi connectivity index (χ0v) is 17.3. The molecule has 1 aliphatic heterocycles. The summed E-state index contributed by atoms with van der Waals surface area (Å²) in [5, 5.41) is 4.20. The quantitative estimate of drug-likeness (QED) is 0.694. The SMILES string of the molecule is CC(=O)OC(C)C(=O)N(C1CCCCC1)N1CCC(Cc2ccccc2)CC1. The molecule has 1 aromatic carbocycles. The van der Waals surface area contributed by atoms with Crippen molar-refractivity contribution in [2.24, 2.45) is 5.92 Å². The number of benzene rings is 1. The van der Waals surface area contributed by atoms with Crippen molar-refractivity contribution in [1.29, 1.82) is 0 Å². The summed E-state index contributed by atoms with van der Waals surface area (Å²) in [4.78, 5) is 24.5. The van der Waals surface area contributed by atoms with E-state index in [9.17, 15) is 9.59 Å². The van der Waals surface area contributed by atoms with Crippen LogP contribution in [0.4, 0.5) is 0 Å². The molecule has 28 heavy (non-hydrogen) atoms. The molecular weight excluding hydrogens is 352 g/mol. The monoisotopic (exact) mass is 386 g/mol. The molecule has 1 amide bonds. The van der Waals surface area contributed by atoms with E-state index in [1.165, 1.54) is 31.7 Å². The van der Waals surface area contributed by atoms with Crippen molar-refractivity contribution in [2.45, 2.75) is 77.4 Å². The van der Waals surface area contributed by atoms with E-state index in [1.54, 1.807) is 6.92 Å². The fraction of sp³-hybridized carbons (Fsp3) is 0.652. The van der Waals surface area contributed by atoms with Crippen molar-refractivity contribution in [3.05, 3.63) is 35.9 Å². The summed E-state index contributed by atoms with van der Waals surface area (Å²) in [5.41, 5.74) is 1.39. The van der Waals surface area contributed by atoms with Gasteiger partial charge in [0.1, 0.15) is 0 Å². The number of rotatable bonds is 6. The van der Waals surface area contributed by atoms with Crippen LogP contribution in [-0.2, 0) is 20.7 Å². The van der Waals surface area contributed by atoms with E-state index in [-0.39, 0.29) is 11.9 Å². The Labute approximate surface area is 169 Å². The Morgan fingerprint density at radius 1 is 1.07 bits per heavy atom. The average Bonchev–Trinajstić information content (AvgIpc) is 2.70. The third-order valence-corrected chi connectivity index (χ3v) is 6.10. The van der Waals surface area contributed by atoms with Crippen molar-refractivity contribution >= 4 is 11.9 Å². The number of hydrogen-bond acceptors (Lipinski definition) is 4. The number of hydrazine groups is 1. The van der Waals surface area contributed by atoms with E-state index in [2.05, 4.69) is 35.3 Å². The topological polar surface area (TPSA) is 49.9 Å². The van der Waals surface area contributed by atoms with E-state index in [0.29, 0.717) is 5.92 Å². The number of hydrogen-bond donors (Lipinski definition) is 0. The number of carbonyl (C=O) groups excluding carboxylic acids is 2. The molecule has 0 spiro atoms. The molecule has 1 heterocycles. The lowest BCUT2D eigenvalue weighted by atomic mass is 9.90. The lowest BCUT2D eigenvalue weighted by Crippen LogP contribution is -2.57. The van der Waals surface area contributed by atoms with Gasteiger partial charge in [-0.05, 0) is 50.5 Å². The first-order valence-corrected chi connectivity index (χ1v) is 10.8. The Bertz CT molecular complexity index is 635. The summed E-state index contributed by atoms with van der Waals surface area (Å²) in [6, 6.07) is 10.9. The first-order valence-electron chi connectivity index (χ1n) is 10.8. The van der Waals surface area contributed by atoms with Gasteiger partial charge in [0.05, 0.1) is 0 Å². The molecule has 1 saturated heterocycles. The Morgan fingerprint density at radius 3 is 2.32 bits per heavy atom. The molecular formula is C23H34N2O3. The zero-order chi connectivity index (χ0) is 19.9. The van der Waals surface area contributed by atoms with Crippen LogP contribution in [0.1, 0.15) is 64.4 Å². The van der Waals surface area contributed by atoms with E-state index < -0.39 is 12.1 Å². The van der Waals surface area contributed by atoms with Crippen LogP contribution in [0.15, 0.2) is 30.3 Å². The minimum atomic E-state index is -0.721. The molecule has 1 unspecified atom stereocenters. The molecule has 3 rings (SSSR count). The predicted molar refractivity (Wildman–Crippen MR) is 109 cm³/mol. The Morgan fingerprint density at radius 2 is 1.71 bits per heavy atom. The largest absolute Gasteiger partial charge is 0.453 e. The summed E-state index contributed by atoms with van der Waals surface area (Å²) in [6.45, 7) is 4.85.